The summed E-state index contributed by atoms with van der Waals surface area (Å²) < 4.78 is 0. The Bertz CT molecular complexity index is 482. The van der Waals surface area contributed by atoms with Crippen molar-refractivity contribution in [3.63, 3.8) is 0 Å². The summed E-state index contributed by atoms with van der Waals surface area (Å²) in [6, 6.07) is 1.04. The predicted molar refractivity (Wildman–Crippen MR) is 69.6 cm³/mol. The second-order valence-electron chi connectivity index (χ2n) is 4.87. The SMILES string of the molecule is CNc1sc2c(c1C(N)=O)C1CCC(C2)N1C. The first-order valence-electron chi connectivity index (χ1n) is 5.98. The molecule has 1 saturated heterocycles. The van der Waals surface area contributed by atoms with Gasteiger partial charge in [-0.25, -0.2) is 0 Å². The van der Waals surface area contributed by atoms with Gasteiger partial charge in [0.1, 0.15) is 5.00 Å². The Morgan fingerprint density at radius 3 is 2.94 bits per heavy atom. The smallest absolute Gasteiger partial charge is 0.252 e. The van der Waals surface area contributed by atoms with Gasteiger partial charge in [0.2, 0.25) is 0 Å². The van der Waals surface area contributed by atoms with E-state index in [1.54, 1.807) is 11.3 Å². The highest BCUT2D eigenvalue weighted by atomic mass is 32.1. The van der Waals surface area contributed by atoms with Gasteiger partial charge in [0, 0.05) is 24.0 Å². The van der Waals surface area contributed by atoms with Crippen LogP contribution < -0.4 is 11.1 Å². The number of fused-ring (bicyclic) bond motifs is 4. The van der Waals surface area contributed by atoms with Crippen molar-refractivity contribution in [2.24, 2.45) is 5.73 Å². The molecule has 0 saturated carbocycles. The van der Waals surface area contributed by atoms with E-state index in [1.807, 2.05) is 7.05 Å². The normalized spacial score (nSPS) is 26.9. The zero-order valence-corrected chi connectivity index (χ0v) is 10.9. The van der Waals surface area contributed by atoms with Gasteiger partial charge in [-0.3, -0.25) is 9.69 Å². The lowest BCUT2D eigenvalue weighted by molar-refractivity contribution is 0.0997. The van der Waals surface area contributed by atoms with Crippen LogP contribution in [0.4, 0.5) is 5.00 Å². The van der Waals surface area contributed by atoms with Gasteiger partial charge >= 0.3 is 0 Å². The molecule has 1 amide bonds. The lowest BCUT2D eigenvalue weighted by atomic mass is 9.97. The first-order chi connectivity index (χ1) is 8.13. The van der Waals surface area contributed by atoms with Crippen LogP contribution in [0.1, 0.15) is 39.7 Å². The van der Waals surface area contributed by atoms with E-state index < -0.39 is 0 Å². The number of nitrogens with one attached hydrogen (secondary N) is 1. The zero-order valence-electron chi connectivity index (χ0n) is 10.1. The average Bonchev–Trinajstić information content (AvgIpc) is 2.76. The van der Waals surface area contributed by atoms with Gasteiger partial charge in [-0.2, -0.15) is 0 Å². The topological polar surface area (TPSA) is 58.4 Å². The zero-order chi connectivity index (χ0) is 12.2. The van der Waals surface area contributed by atoms with Gasteiger partial charge in [0.15, 0.2) is 0 Å². The summed E-state index contributed by atoms with van der Waals surface area (Å²) in [6.07, 6.45) is 3.44. The number of thiophene rings is 1. The summed E-state index contributed by atoms with van der Waals surface area (Å²) in [4.78, 5) is 15.4. The number of hydrogen-bond acceptors (Lipinski definition) is 4. The lowest BCUT2D eigenvalue weighted by Crippen LogP contribution is -2.34. The highest BCUT2D eigenvalue weighted by molar-refractivity contribution is 7.16. The molecule has 0 spiro atoms. The highest BCUT2D eigenvalue weighted by Gasteiger charge is 2.41. The summed E-state index contributed by atoms with van der Waals surface area (Å²) in [5, 5.41) is 4.04. The maximum Gasteiger partial charge on any atom is 0.252 e. The molecular weight excluding hydrogens is 234 g/mol. The number of hydrogen-bond donors (Lipinski definition) is 2. The minimum atomic E-state index is -0.300. The highest BCUT2D eigenvalue weighted by Crippen LogP contribution is 2.49. The molecule has 92 valence electrons. The molecule has 2 aliphatic heterocycles. The molecule has 2 bridgehead atoms. The number of nitrogens with zero attached hydrogens (tertiary/aromatic N) is 1. The molecule has 3 heterocycles. The van der Waals surface area contributed by atoms with Crippen LogP contribution in [0.25, 0.3) is 0 Å². The van der Waals surface area contributed by atoms with Crippen LogP contribution in [-0.2, 0) is 6.42 Å². The molecule has 4 nitrogen and oxygen atoms in total. The summed E-state index contributed by atoms with van der Waals surface area (Å²) >= 11 is 1.70. The van der Waals surface area contributed by atoms with E-state index in [-0.39, 0.29) is 5.91 Å². The van der Waals surface area contributed by atoms with E-state index in [4.69, 9.17) is 5.73 Å². The summed E-state index contributed by atoms with van der Waals surface area (Å²) in [7, 11) is 4.01. The Kier molecular flexibility index (Phi) is 2.41. The molecule has 3 rings (SSSR count). The molecule has 2 aliphatic rings. The fraction of sp³-hybridized carbons (Fsp3) is 0.583. The Morgan fingerprint density at radius 1 is 1.53 bits per heavy atom. The van der Waals surface area contributed by atoms with Crippen LogP contribution in [0.3, 0.4) is 0 Å². The molecular formula is C12H17N3OS. The molecule has 0 aliphatic carbocycles. The largest absolute Gasteiger partial charge is 0.379 e. The van der Waals surface area contributed by atoms with Crippen molar-refractivity contribution in [1.82, 2.24) is 4.90 Å². The van der Waals surface area contributed by atoms with Gasteiger partial charge in [-0.05, 0) is 31.9 Å². The van der Waals surface area contributed by atoms with Crippen LogP contribution >= 0.6 is 11.3 Å². The number of likely N-dealkylation sites (N-methyl/N-ethyl adjacent to an activating group) is 1. The fourth-order valence-electron chi connectivity index (χ4n) is 3.24. The lowest BCUT2D eigenvalue weighted by Gasteiger charge is -2.31. The molecule has 2 unspecified atom stereocenters. The second kappa shape index (κ2) is 3.71. The van der Waals surface area contributed by atoms with Crippen LogP contribution in [0.5, 0.6) is 0 Å². The number of nitrogens with two attached hydrogens (primary N) is 1. The molecule has 5 heteroatoms. The standard InChI is InChI=1S/C12H17N3OS/c1-14-12-10(11(13)16)9-7-4-3-6(15(7)2)5-8(9)17-12/h6-7,14H,3-5H2,1-2H3,(H2,13,16). The molecule has 0 radical (unpaired) electrons. The van der Waals surface area contributed by atoms with Crippen molar-refractivity contribution in [3.8, 4) is 0 Å². The van der Waals surface area contributed by atoms with E-state index in [2.05, 4.69) is 17.3 Å². The van der Waals surface area contributed by atoms with E-state index in [0.29, 0.717) is 12.1 Å². The quantitative estimate of drug-likeness (QED) is 0.839. The number of carbonyl (C=O) groups is 1. The second-order valence-corrected chi connectivity index (χ2v) is 5.98. The Morgan fingerprint density at radius 2 is 2.29 bits per heavy atom. The number of amides is 1. The maximum atomic E-state index is 11.7. The molecule has 1 aromatic heterocycles. The third-order valence-electron chi connectivity index (χ3n) is 4.09. The summed E-state index contributed by atoms with van der Waals surface area (Å²) in [5.74, 6) is -0.300. The van der Waals surface area contributed by atoms with Crippen molar-refractivity contribution in [3.05, 3.63) is 16.0 Å². The summed E-state index contributed by atoms with van der Waals surface area (Å²) in [5.41, 5.74) is 7.47. The molecule has 1 fully saturated rings. The minimum absolute atomic E-state index is 0.300. The molecule has 2 atom stereocenters. The Hall–Kier alpha value is -1.07. The van der Waals surface area contributed by atoms with Crippen molar-refractivity contribution in [2.45, 2.75) is 31.3 Å². The first kappa shape index (κ1) is 11.0. The minimum Gasteiger partial charge on any atom is -0.379 e. The van der Waals surface area contributed by atoms with Crippen molar-refractivity contribution >= 4 is 22.2 Å². The van der Waals surface area contributed by atoms with E-state index in [0.717, 1.165) is 23.4 Å². The maximum absolute atomic E-state index is 11.7. The molecule has 17 heavy (non-hydrogen) atoms. The van der Waals surface area contributed by atoms with Gasteiger partial charge < -0.3 is 11.1 Å². The third-order valence-corrected chi connectivity index (χ3v) is 5.34. The average molecular weight is 251 g/mol. The Balaban J connectivity index is 2.18. The molecule has 1 aromatic rings. The van der Waals surface area contributed by atoms with Crippen LogP contribution in [0.15, 0.2) is 0 Å². The monoisotopic (exact) mass is 251 g/mol. The van der Waals surface area contributed by atoms with Crippen molar-refractivity contribution in [2.75, 3.05) is 19.4 Å². The molecule has 0 aromatic carbocycles. The molecule has 3 N–H and O–H groups in total. The van der Waals surface area contributed by atoms with Crippen molar-refractivity contribution in [1.29, 1.82) is 0 Å². The van der Waals surface area contributed by atoms with E-state index in [9.17, 15) is 4.79 Å². The van der Waals surface area contributed by atoms with E-state index >= 15 is 0 Å². The number of carbonyl (C=O) groups excluding carboxylic acids is 1. The third kappa shape index (κ3) is 1.42. The van der Waals surface area contributed by atoms with Gasteiger partial charge in [0.25, 0.3) is 5.91 Å². The Labute approximate surface area is 105 Å². The van der Waals surface area contributed by atoms with Crippen LogP contribution in [0.2, 0.25) is 0 Å². The van der Waals surface area contributed by atoms with E-state index in [1.165, 1.54) is 16.9 Å². The van der Waals surface area contributed by atoms with Crippen molar-refractivity contribution < 1.29 is 4.79 Å². The van der Waals surface area contributed by atoms with Crippen LogP contribution in [-0.4, -0.2) is 30.9 Å². The van der Waals surface area contributed by atoms with Gasteiger partial charge in [0.05, 0.1) is 5.56 Å². The number of anilines is 1. The van der Waals surface area contributed by atoms with Gasteiger partial charge in [-0.15, -0.1) is 11.3 Å². The number of rotatable bonds is 2. The first-order valence-corrected chi connectivity index (χ1v) is 6.80. The number of primary amides is 1. The van der Waals surface area contributed by atoms with Crippen LogP contribution in [0, 0.1) is 0 Å². The van der Waals surface area contributed by atoms with Gasteiger partial charge in [-0.1, -0.05) is 0 Å². The fourth-order valence-corrected chi connectivity index (χ4v) is 4.52. The summed E-state index contributed by atoms with van der Waals surface area (Å²) in [6.45, 7) is 0. The predicted octanol–water partition coefficient (Wildman–Crippen LogP) is 1.58.